The molecule has 0 spiro atoms. The molecular weight excluding hydrogens is 244 g/mol. The molecule has 0 aliphatic heterocycles. The first kappa shape index (κ1) is 13.3. The Hall–Kier alpha value is -2.17. The Bertz CT molecular complexity index is 511. The summed E-state index contributed by atoms with van der Waals surface area (Å²) in [5.74, 6) is 2.20. The van der Waals surface area contributed by atoms with Crippen LogP contribution >= 0.6 is 0 Å². The van der Waals surface area contributed by atoms with Crippen molar-refractivity contribution in [1.29, 1.82) is 0 Å². The van der Waals surface area contributed by atoms with Gasteiger partial charge in [-0.1, -0.05) is 12.1 Å². The molecule has 2 aromatic rings. The summed E-state index contributed by atoms with van der Waals surface area (Å²) < 4.78 is 18.2. The van der Waals surface area contributed by atoms with Crippen molar-refractivity contribution in [2.24, 2.45) is 0 Å². The van der Waals surface area contributed by atoms with Crippen LogP contribution in [0, 0.1) is 0 Å². The van der Waals surface area contributed by atoms with Gasteiger partial charge in [-0.3, -0.25) is 4.68 Å². The topological polar surface area (TPSA) is 45.5 Å². The van der Waals surface area contributed by atoms with E-state index in [1.807, 2.05) is 42.1 Å². The van der Waals surface area contributed by atoms with Crippen molar-refractivity contribution < 1.29 is 14.2 Å². The Kier molecular flexibility index (Phi) is 4.66. The molecule has 102 valence electrons. The summed E-state index contributed by atoms with van der Waals surface area (Å²) >= 11 is 0. The van der Waals surface area contributed by atoms with E-state index in [9.17, 15) is 0 Å². The second-order valence-electron chi connectivity index (χ2n) is 3.88. The van der Waals surface area contributed by atoms with Gasteiger partial charge in [-0.15, -0.1) is 0 Å². The zero-order valence-electron chi connectivity index (χ0n) is 11.2. The van der Waals surface area contributed by atoms with Crippen molar-refractivity contribution in [2.75, 3.05) is 20.3 Å². The van der Waals surface area contributed by atoms with E-state index in [1.54, 1.807) is 13.3 Å². The predicted molar refractivity (Wildman–Crippen MR) is 71.9 cm³/mol. The monoisotopic (exact) mass is 262 g/mol. The molecule has 5 nitrogen and oxygen atoms in total. The van der Waals surface area contributed by atoms with Crippen LogP contribution in [0.25, 0.3) is 0 Å². The Labute approximate surface area is 112 Å². The van der Waals surface area contributed by atoms with E-state index in [-0.39, 0.29) is 0 Å². The fraction of sp³-hybridized carbons (Fsp3) is 0.357. The van der Waals surface area contributed by atoms with Gasteiger partial charge in [0, 0.05) is 6.54 Å². The van der Waals surface area contributed by atoms with Crippen LogP contribution in [-0.4, -0.2) is 30.1 Å². The second kappa shape index (κ2) is 6.68. The molecule has 0 fully saturated rings. The maximum Gasteiger partial charge on any atom is 0.161 e. The summed E-state index contributed by atoms with van der Waals surface area (Å²) in [6.07, 6.45) is 3.57. The van der Waals surface area contributed by atoms with Crippen LogP contribution < -0.4 is 14.2 Å². The van der Waals surface area contributed by atoms with Crippen molar-refractivity contribution in [1.82, 2.24) is 9.78 Å². The normalized spacial score (nSPS) is 10.2. The zero-order chi connectivity index (χ0) is 13.5. The molecule has 0 aliphatic rings. The van der Waals surface area contributed by atoms with Crippen LogP contribution in [-0.2, 0) is 6.54 Å². The van der Waals surface area contributed by atoms with Crippen LogP contribution in [0.2, 0.25) is 0 Å². The highest BCUT2D eigenvalue weighted by atomic mass is 16.5. The minimum absolute atomic E-state index is 0.456. The van der Waals surface area contributed by atoms with Gasteiger partial charge in [0.05, 0.1) is 19.5 Å². The highest BCUT2D eigenvalue weighted by Gasteiger charge is 2.02. The second-order valence-corrected chi connectivity index (χ2v) is 3.88. The number of rotatable bonds is 7. The highest BCUT2D eigenvalue weighted by Crippen LogP contribution is 2.25. The van der Waals surface area contributed by atoms with Crippen LogP contribution in [0.1, 0.15) is 6.92 Å². The number of ether oxygens (including phenoxy) is 3. The Balaban J connectivity index is 1.77. The molecule has 0 unspecified atom stereocenters. The van der Waals surface area contributed by atoms with Gasteiger partial charge in [0.25, 0.3) is 0 Å². The lowest BCUT2D eigenvalue weighted by molar-refractivity contribution is 0.211. The first-order valence-electron chi connectivity index (χ1n) is 6.24. The first-order valence-corrected chi connectivity index (χ1v) is 6.24. The molecule has 0 saturated carbocycles. The standard InChI is InChI=1S/C14H18N2O3/c1-3-16-11-12(10-15-16)18-8-9-19-14-7-5-4-6-13(14)17-2/h4-7,10-11H,3,8-9H2,1-2H3. The van der Waals surface area contributed by atoms with E-state index in [2.05, 4.69) is 5.10 Å². The quantitative estimate of drug-likeness (QED) is 0.719. The predicted octanol–water partition coefficient (Wildman–Crippen LogP) is 2.37. The molecule has 19 heavy (non-hydrogen) atoms. The van der Waals surface area contributed by atoms with Crippen molar-refractivity contribution in [3.05, 3.63) is 36.7 Å². The van der Waals surface area contributed by atoms with E-state index in [1.165, 1.54) is 0 Å². The van der Waals surface area contributed by atoms with Gasteiger partial charge < -0.3 is 14.2 Å². The third-order valence-corrected chi connectivity index (χ3v) is 2.61. The molecular formula is C14H18N2O3. The molecule has 1 aromatic heterocycles. The fourth-order valence-electron chi connectivity index (χ4n) is 1.64. The number of nitrogens with zero attached hydrogens (tertiary/aromatic N) is 2. The summed E-state index contributed by atoms with van der Waals surface area (Å²) in [5, 5.41) is 4.13. The number of benzene rings is 1. The molecule has 5 heteroatoms. The van der Waals surface area contributed by atoms with E-state index in [0.717, 1.165) is 23.8 Å². The Morgan fingerprint density at radius 2 is 1.84 bits per heavy atom. The van der Waals surface area contributed by atoms with E-state index in [0.29, 0.717) is 13.2 Å². The number of aryl methyl sites for hydroxylation is 1. The average molecular weight is 262 g/mol. The van der Waals surface area contributed by atoms with E-state index >= 15 is 0 Å². The molecule has 0 bridgehead atoms. The van der Waals surface area contributed by atoms with Crippen LogP contribution in [0.4, 0.5) is 0 Å². The van der Waals surface area contributed by atoms with Gasteiger partial charge in [0.2, 0.25) is 0 Å². The SMILES string of the molecule is CCn1cc(OCCOc2ccccc2OC)cn1. The van der Waals surface area contributed by atoms with Crippen LogP contribution in [0.15, 0.2) is 36.7 Å². The Morgan fingerprint density at radius 1 is 1.11 bits per heavy atom. The van der Waals surface area contributed by atoms with Gasteiger partial charge in [-0.05, 0) is 19.1 Å². The maximum absolute atomic E-state index is 5.61. The van der Waals surface area contributed by atoms with Gasteiger partial charge in [0.1, 0.15) is 13.2 Å². The third-order valence-electron chi connectivity index (χ3n) is 2.61. The molecule has 0 N–H and O–H groups in total. The summed E-state index contributed by atoms with van der Waals surface area (Å²) in [7, 11) is 1.62. The summed E-state index contributed by atoms with van der Waals surface area (Å²) in [4.78, 5) is 0. The average Bonchev–Trinajstić information content (AvgIpc) is 2.92. The van der Waals surface area contributed by atoms with Crippen molar-refractivity contribution >= 4 is 0 Å². The third kappa shape index (κ3) is 3.64. The van der Waals surface area contributed by atoms with Crippen molar-refractivity contribution in [2.45, 2.75) is 13.5 Å². The molecule has 0 saturated heterocycles. The van der Waals surface area contributed by atoms with Crippen LogP contribution in [0.3, 0.4) is 0 Å². The molecule has 0 atom stereocenters. The number of hydrogen-bond donors (Lipinski definition) is 0. The molecule has 2 rings (SSSR count). The van der Waals surface area contributed by atoms with Gasteiger partial charge in [-0.2, -0.15) is 5.10 Å². The molecule has 0 amide bonds. The van der Waals surface area contributed by atoms with E-state index in [4.69, 9.17) is 14.2 Å². The van der Waals surface area contributed by atoms with Gasteiger partial charge >= 0.3 is 0 Å². The fourth-order valence-corrected chi connectivity index (χ4v) is 1.64. The molecule has 0 radical (unpaired) electrons. The lowest BCUT2D eigenvalue weighted by Gasteiger charge is -2.10. The summed E-state index contributed by atoms with van der Waals surface area (Å²) in [6, 6.07) is 7.54. The minimum Gasteiger partial charge on any atom is -0.493 e. The molecule has 0 aliphatic carbocycles. The van der Waals surface area contributed by atoms with Crippen molar-refractivity contribution in [3.63, 3.8) is 0 Å². The number of hydrogen-bond acceptors (Lipinski definition) is 4. The zero-order valence-corrected chi connectivity index (χ0v) is 11.2. The maximum atomic E-state index is 5.61. The molecule has 1 aromatic carbocycles. The lowest BCUT2D eigenvalue weighted by Crippen LogP contribution is -2.09. The Morgan fingerprint density at radius 3 is 2.53 bits per heavy atom. The van der Waals surface area contributed by atoms with Gasteiger partial charge in [0.15, 0.2) is 17.2 Å². The number of aromatic nitrogens is 2. The van der Waals surface area contributed by atoms with Crippen molar-refractivity contribution in [3.8, 4) is 17.2 Å². The smallest absolute Gasteiger partial charge is 0.161 e. The summed E-state index contributed by atoms with van der Waals surface area (Å²) in [6.45, 7) is 3.79. The first-order chi connectivity index (χ1) is 9.33. The van der Waals surface area contributed by atoms with Gasteiger partial charge in [-0.25, -0.2) is 0 Å². The largest absolute Gasteiger partial charge is 0.493 e. The highest BCUT2D eigenvalue weighted by molar-refractivity contribution is 5.39. The number of methoxy groups -OCH3 is 1. The summed E-state index contributed by atoms with van der Waals surface area (Å²) in [5.41, 5.74) is 0. The minimum atomic E-state index is 0.456. The lowest BCUT2D eigenvalue weighted by atomic mass is 10.3. The molecule has 1 heterocycles. The number of para-hydroxylation sites is 2. The van der Waals surface area contributed by atoms with E-state index < -0.39 is 0 Å². The van der Waals surface area contributed by atoms with Crippen LogP contribution in [0.5, 0.6) is 17.2 Å².